The molecular weight excluding hydrogens is 255 g/mol. The first-order valence-electron chi connectivity index (χ1n) is 6.86. The summed E-state index contributed by atoms with van der Waals surface area (Å²) < 4.78 is 13.6. The van der Waals surface area contributed by atoms with E-state index in [1.54, 1.807) is 24.5 Å². The van der Waals surface area contributed by atoms with Crippen LogP contribution in [0.2, 0.25) is 0 Å². The summed E-state index contributed by atoms with van der Waals surface area (Å²) in [5, 5.41) is 3.28. The summed E-state index contributed by atoms with van der Waals surface area (Å²) >= 11 is 0. The Morgan fingerprint density at radius 2 is 1.75 bits per heavy atom. The molecule has 3 rings (SSSR count). The van der Waals surface area contributed by atoms with Gasteiger partial charge in [0.25, 0.3) is 0 Å². The zero-order valence-electron chi connectivity index (χ0n) is 11.2. The Kier molecular flexibility index (Phi) is 3.76. The summed E-state index contributed by atoms with van der Waals surface area (Å²) in [7, 11) is 0. The van der Waals surface area contributed by atoms with E-state index in [0.717, 1.165) is 31.9 Å². The maximum Gasteiger partial charge on any atom is 0.225 e. The molecule has 104 valence electrons. The van der Waals surface area contributed by atoms with Crippen LogP contribution in [0.5, 0.6) is 0 Å². The molecule has 0 radical (unpaired) electrons. The largest absolute Gasteiger partial charge is 0.380 e. The fraction of sp³-hybridized carbons (Fsp3) is 0.333. The Labute approximate surface area is 117 Å². The Morgan fingerprint density at radius 1 is 1.05 bits per heavy atom. The number of nitrogens with one attached hydrogen (secondary N) is 1. The number of anilines is 2. The van der Waals surface area contributed by atoms with Crippen LogP contribution in [0, 0.1) is 5.82 Å². The molecule has 2 heterocycles. The van der Waals surface area contributed by atoms with E-state index >= 15 is 0 Å². The highest BCUT2D eigenvalue weighted by Gasteiger charge is 2.21. The lowest BCUT2D eigenvalue weighted by Crippen LogP contribution is -2.40. The highest BCUT2D eigenvalue weighted by molar-refractivity contribution is 5.45. The maximum absolute atomic E-state index is 13.6. The van der Waals surface area contributed by atoms with Crippen LogP contribution >= 0.6 is 0 Å². The van der Waals surface area contributed by atoms with Crippen LogP contribution < -0.4 is 10.2 Å². The van der Waals surface area contributed by atoms with Crippen molar-refractivity contribution < 1.29 is 4.39 Å². The van der Waals surface area contributed by atoms with Crippen LogP contribution in [0.25, 0.3) is 0 Å². The molecule has 0 saturated carbocycles. The number of aromatic nitrogens is 2. The molecule has 1 aliphatic heterocycles. The van der Waals surface area contributed by atoms with Crippen molar-refractivity contribution >= 4 is 11.6 Å². The van der Waals surface area contributed by atoms with Crippen molar-refractivity contribution in [1.29, 1.82) is 0 Å². The third kappa shape index (κ3) is 2.87. The number of halogens is 1. The number of piperidine rings is 1. The van der Waals surface area contributed by atoms with Gasteiger partial charge in [0.2, 0.25) is 5.95 Å². The highest BCUT2D eigenvalue weighted by atomic mass is 19.1. The minimum atomic E-state index is -0.193. The number of para-hydroxylation sites is 1. The van der Waals surface area contributed by atoms with Crippen LogP contribution in [-0.2, 0) is 0 Å². The minimum Gasteiger partial charge on any atom is -0.380 e. The zero-order chi connectivity index (χ0) is 13.8. The van der Waals surface area contributed by atoms with Gasteiger partial charge in [-0.1, -0.05) is 12.1 Å². The fourth-order valence-corrected chi connectivity index (χ4v) is 2.48. The number of nitrogens with zero attached hydrogens (tertiary/aromatic N) is 3. The van der Waals surface area contributed by atoms with Gasteiger partial charge in [0, 0.05) is 31.5 Å². The summed E-state index contributed by atoms with van der Waals surface area (Å²) in [5.74, 6) is 0.582. The molecule has 0 spiro atoms. The number of hydrogen-bond donors (Lipinski definition) is 1. The van der Waals surface area contributed by atoms with Gasteiger partial charge >= 0.3 is 0 Å². The van der Waals surface area contributed by atoms with Crippen molar-refractivity contribution in [2.24, 2.45) is 0 Å². The van der Waals surface area contributed by atoms with Crippen molar-refractivity contribution in [3.63, 3.8) is 0 Å². The fourth-order valence-electron chi connectivity index (χ4n) is 2.48. The molecule has 0 atom stereocenters. The second-order valence-electron chi connectivity index (χ2n) is 4.93. The SMILES string of the molecule is Fc1ccccc1NC1CCN(c2ncccn2)CC1. The molecule has 1 aromatic heterocycles. The van der Waals surface area contributed by atoms with E-state index in [1.807, 2.05) is 12.1 Å². The van der Waals surface area contributed by atoms with Crippen molar-refractivity contribution in [2.75, 3.05) is 23.3 Å². The predicted octanol–water partition coefficient (Wildman–Crippen LogP) is 2.70. The lowest BCUT2D eigenvalue weighted by Gasteiger charge is -2.32. The van der Waals surface area contributed by atoms with Crippen LogP contribution in [0.3, 0.4) is 0 Å². The smallest absolute Gasteiger partial charge is 0.225 e. The molecule has 1 fully saturated rings. The van der Waals surface area contributed by atoms with Gasteiger partial charge in [0.1, 0.15) is 5.82 Å². The summed E-state index contributed by atoms with van der Waals surface area (Å²) in [6.07, 6.45) is 5.41. The first-order chi connectivity index (χ1) is 9.83. The third-order valence-corrected chi connectivity index (χ3v) is 3.56. The van der Waals surface area contributed by atoms with Gasteiger partial charge in [-0.05, 0) is 31.0 Å². The molecule has 1 aliphatic rings. The Hall–Kier alpha value is -2.17. The van der Waals surface area contributed by atoms with E-state index < -0.39 is 0 Å². The van der Waals surface area contributed by atoms with Gasteiger partial charge in [-0.25, -0.2) is 14.4 Å². The highest BCUT2D eigenvalue weighted by Crippen LogP contribution is 2.20. The average molecular weight is 272 g/mol. The molecule has 0 aliphatic carbocycles. The zero-order valence-corrected chi connectivity index (χ0v) is 11.2. The maximum atomic E-state index is 13.6. The summed E-state index contributed by atoms with van der Waals surface area (Å²) in [5.41, 5.74) is 0.585. The summed E-state index contributed by atoms with van der Waals surface area (Å²) in [6.45, 7) is 1.77. The molecule has 2 aromatic rings. The predicted molar refractivity (Wildman–Crippen MR) is 77.3 cm³/mol. The van der Waals surface area contributed by atoms with Gasteiger partial charge in [-0.2, -0.15) is 0 Å². The van der Waals surface area contributed by atoms with Gasteiger partial charge in [-0.15, -0.1) is 0 Å². The van der Waals surface area contributed by atoms with Crippen molar-refractivity contribution in [1.82, 2.24) is 9.97 Å². The summed E-state index contributed by atoms with van der Waals surface area (Å²) in [4.78, 5) is 10.7. The molecule has 20 heavy (non-hydrogen) atoms. The van der Waals surface area contributed by atoms with Gasteiger partial charge in [0.15, 0.2) is 0 Å². The van der Waals surface area contributed by atoms with Crippen LogP contribution in [0.1, 0.15) is 12.8 Å². The molecule has 1 aromatic carbocycles. The lowest BCUT2D eigenvalue weighted by atomic mass is 10.0. The van der Waals surface area contributed by atoms with Crippen LogP contribution in [0.4, 0.5) is 16.0 Å². The summed E-state index contributed by atoms with van der Waals surface area (Å²) in [6, 6.07) is 8.92. The van der Waals surface area contributed by atoms with Crippen LogP contribution in [-0.4, -0.2) is 29.1 Å². The van der Waals surface area contributed by atoms with Gasteiger partial charge < -0.3 is 10.2 Å². The monoisotopic (exact) mass is 272 g/mol. The second-order valence-corrected chi connectivity index (χ2v) is 4.93. The first-order valence-corrected chi connectivity index (χ1v) is 6.86. The van der Waals surface area contributed by atoms with Gasteiger partial charge in [-0.3, -0.25) is 0 Å². The third-order valence-electron chi connectivity index (χ3n) is 3.56. The quantitative estimate of drug-likeness (QED) is 0.932. The Morgan fingerprint density at radius 3 is 2.45 bits per heavy atom. The molecule has 0 amide bonds. The Balaban J connectivity index is 1.58. The molecule has 1 N–H and O–H groups in total. The average Bonchev–Trinajstić information content (AvgIpc) is 2.51. The molecular formula is C15H17FN4. The van der Waals surface area contributed by atoms with Crippen molar-refractivity contribution in [3.8, 4) is 0 Å². The topological polar surface area (TPSA) is 41.0 Å². The normalized spacial score (nSPS) is 16.1. The van der Waals surface area contributed by atoms with E-state index in [9.17, 15) is 4.39 Å². The Bertz CT molecular complexity index is 553. The number of hydrogen-bond acceptors (Lipinski definition) is 4. The molecule has 0 unspecified atom stereocenters. The van der Waals surface area contributed by atoms with E-state index in [0.29, 0.717) is 11.7 Å². The van der Waals surface area contributed by atoms with Gasteiger partial charge in [0.05, 0.1) is 5.69 Å². The first kappa shape index (κ1) is 12.8. The molecule has 4 nitrogen and oxygen atoms in total. The molecule has 0 bridgehead atoms. The van der Waals surface area contributed by atoms with Crippen LogP contribution in [0.15, 0.2) is 42.7 Å². The molecule has 5 heteroatoms. The van der Waals surface area contributed by atoms with E-state index in [-0.39, 0.29) is 5.82 Å². The number of benzene rings is 1. The molecule has 1 saturated heterocycles. The van der Waals surface area contributed by atoms with E-state index in [4.69, 9.17) is 0 Å². The lowest BCUT2D eigenvalue weighted by molar-refractivity contribution is 0.516. The second kappa shape index (κ2) is 5.86. The number of rotatable bonds is 3. The van der Waals surface area contributed by atoms with Crippen molar-refractivity contribution in [2.45, 2.75) is 18.9 Å². The van der Waals surface area contributed by atoms with Crippen molar-refractivity contribution in [3.05, 3.63) is 48.5 Å². The van der Waals surface area contributed by atoms with E-state index in [2.05, 4.69) is 20.2 Å². The minimum absolute atomic E-state index is 0.193. The standard InChI is InChI=1S/C15H17FN4/c16-13-4-1-2-5-14(13)19-12-6-10-20(11-7-12)15-17-8-3-9-18-15/h1-5,8-9,12,19H,6-7,10-11H2. The van der Waals surface area contributed by atoms with E-state index in [1.165, 1.54) is 6.07 Å².